The summed E-state index contributed by atoms with van der Waals surface area (Å²) in [6.45, 7) is 1.26. The molecule has 0 unspecified atom stereocenters. The molecule has 1 aromatic heterocycles. The Balaban J connectivity index is 1.57. The Bertz CT molecular complexity index is 924. The van der Waals surface area contributed by atoms with Crippen LogP contribution in [-0.2, 0) is 16.0 Å². The van der Waals surface area contributed by atoms with E-state index >= 15 is 0 Å². The molecular formula is C27H35N3O2. The predicted octanol–water partition coefficient (Wildman–Crippen LogP) is 4.62. The zero-order valence-electron chi connectivity index (χ0n) is 19.2. The molecule has 1 atom stereocenters. The maximum Gasteiger partial charge on any atom is 0.228 e. The van der Waals surface area contributed by atoms with Gasteiger partial charge in [-0.05, 0) is 66.8 Å². The van der Waals surface area contributed by atoms with Crippen molar-refractivity contribution in [1.29, 1.82) is 0 Å². The molecule has 1 aromatic carbocycles. The van der Waals surface area contributed by atoms with Crippen LogP contribution in [-0.4, -0.2) is 41.8 Å². The van der Waals surface area contributed by atoms with Gasteiger partial charge < -0.3 is 10.2 Å². The highest BCUT2D eigenvalue weighted by Gasteiger charge is 2.43. The molecule has 1 N–H and O–H groups in total. The summed E-state index contributed by atoms with van der Waals surface area (Å²) in [7, 11) is 1.71. The lowest BCUT2D eigenvalue weighted by Crippen LogP contribution is -2.54. The molecule has 0 spiro atoms. The third-order valence-electron chi connectivity index (χ3n) is 7.36. The molecule has 1 saturated heterocycles. The number of carbonyl (C=O) groups excluding carboxylic acids is 2. The second-order valence-corrected chi connectivity index (χ2v) is 9.56. The quantitative estimate of drug-likeness (QED) is 0.723. The lowest BCUT2D eigenvalue weighted by Gasteiger charge is -2.42. The fraction of sp³-hybridized carbons (Fsp3) is 0.519. The first-order valence-electron chi connectivity index (χ1n) is 12.1. The first kappa shape index (κ1) is 22.5. The first-order chi connectivity index (χ1) is 15.6. The van der Waals surface area contributed by atoms with Gasteiger partial charge in [0, 0.05) is 39.0 Å². The maximum absolute atomic E-state index is 13.2. The van der Waals surface area contributed by atoms with Crippen LogP contribution in [0.15, 0.2) is 48.8 Å². The summed E-state index contributed by atoms with van der Waals surface area (Å²) < 4.78 is 0. The molecule has 2 amide bonds. The molecule has 32 heavy (non-hydrogen) atoms. The number of benzene rings is 1. The van der Waals surface area contributed by atoms with Gasteiger partial charge in [0.2, 0.25) is 11.8 Å². The van der Waals surface area contributed by atoms with Crippen LogP contribution in [0.25, 0.3) is 11.1 Å². The molecule has 5 heteroatoms. The van der Waals surface area contributed by atoms with E-state index in [0.717, 1.165) is 36.1 Å². The van der Waals surface area contributed by atoms with Crippen LogP contribution < -0.4 is 5.32 Å². The smallest absolute Gasteiger partial charge is 0.228 e. The Kier molecular flexibility index (Phi) is 7.23. The summed E-state index contributed by atoms with van der Waals surface area (Å²) >= 11 is 0. The Labute approximate surface area is 191 Å². The van der Waals surface area contributed by atoms with Crippen molar-refractivity contribution < 1.29 is 9.59 Å². The molecule has 1 aliphatic heterocycles. The van der Waals surface area contributed by atoms with Gasteiger partial charge in [-0.1, -0.05) is 43.5 Å². The third kappa shape index (κ3) is 5.03. The minimum absolute atomic E-state index is 0.0391. The van der Waals surface area contributed by atoms with E-state index in [0.29, 0.717) is 25.3 Å². The number of hydrogen-bond donors (Lipinski definition) is 1. The summed E-state index contributed by atoms with van der Waals surface area (Å²) in [5.74, 6) is 0.782. The van der Waals surface area contributed by atoms with Gasteiger partial charge in [-0.2, -0.15) is 0 Å². The molecule has 1 aliphatic carbocycles. The monoisotopic (exact) mass is 433 g/mol. The summed E-state index contributed by atoms with van der Waals surface area (Å²) in [6, 6.07) is 12.3. The predicted molar refractivity (Wildman–Crippen MR) is 127 cm³/mol. The molecular weight excluding hydrogens is 398 g/mol. The van der Waals surface area contributed by atoms with Gasteiger partial charge in [0.1, 0.15) is 0 Å². The molecule has 1 saturated carbocycles. The standard InChI is InChI=1S/C27H35N3O2/c1-28-26(32)27(19-23-10-5-6-11-24(23)22-12-15-29-16-13-22)14-7-17-30(20-27)25(31)18-21-8-3-2-4-9-21/h5-6,10-13,15-16,21H,2-4,7-9,14,17-20H2,1H3,(H,28,32)/t27-/m0/s1. The van der Waals surface area contributed by atoms with Gasteiger partial charge in [-0.15, -0.1) is 0 Å². The molecule has 2 fully saturated rings. The highest BCUT2D eigenvalue weighted by Crippen LogP contribution is 2.38. The lowest BCUT2D eigenvalue weighted by molar-refractivity contribution is -0.142. The van der Waals surface area contributed by atoms with Crippen LogP contribution in [0.1, 0.15) is 56.9 Å². The minimum Gasteiger partial charge on any atom is -0.359 e. The zero-order valence-corrected chi connectivity index (χ0v) is 19.2. The van der Waals surface area contributed by atoms with E-state index in [1.165, 1.54) is 32.1 Å². The van der Waals surface area contributed by atoms with Gasteiger partial charge >= 0.3 is 0 Å². The summed E-state index contributed by atoms with van der Waals surface area (Å²) in [6.07, 6.45) is 12.6. The topological polar surface area (TPSA) is 62.3 Å². The largest absolute Gasteiger partial charge is 0.359 e. The molecule has 2 aliphatic rings. The van der Waals surface area contributed by atoms with Crippen LogP contribution >= 0.6 is 0 Å². The zero-order chi connectivity index (χ0) is 22.4. The van der Waals surface area contributed by atoms with Crippen molar-refractivity contribution in [3.63, 3.8) is 0 Å². The number of pyridine rings is 1. The van der Waals surface area contributed by atoms with E-state index in [1.54, 1.807) is 19.4 Å². The number of aromatic nitrogens is 1. The van der Waals surface area contributed by atoms with Crippen molar-refractivity contribution in [2.75, 3.05) is 20.1 Å². The second kappa shape index (κ2) is 10.3. The van der Waals surface area contributed by atoms with Gasteiger partial charge in [0.15, 0.2) is 0 Å². The lowest BCUT2D eigenvalue weighted by atomic mass is 9.73. The van der Waals surface area contributed by atoms with Gasteiger partial charge in [-0.25, -0.2) is 0 Å². The number of nitrogens with zero attached hydrogens (tertiary/aromatic N) is 2. The number of hydrogen-bond acceptors (Lipinski definition) is 3. The first-order valence-corrected chi connectivity index (χ1v) is 12.1. The Hall–Kier alpha value is -2.69. The number of likely N-dealkylation sites (tertiary alicyclic amines) is 1. The fourth-order valence-corrected chi connectivity index (χ4v) is 5.64. The highest BCUT2D eigenvalue weighted by molar-refractivity contribution is 5.85. The normalized spacial score (nSPS) is 21.8. The fourth-order valence-electron chi connectivity index (χ4n) is 5.64. The minimum atomic E-state index is -0.599. The average Bonchev–Trinajstić information content (AvgIpc) is 2.85. The van der Waals surface area contributed by atoms with Crippen molar-refractivity contribution >= 4 is 11.8 Å². The number of nitrogens with one attached hydrogen (secondary N) is 1. The van der Waals surface area contributed by atoms with Crippen molar-refractivity contribution in [1.82, 2.24) is 15.2 Å². The number of carbonyl (C=O) groups is 2. The van der Waals surface area contributed by atoms with Crippen LogP contribution in [0.3, 0.4) is 0 Å². The summed E-state index contributed by atoms with van der Waals surface area (Å²) in [4.78, 5) is 32.5. The summed E-state index contributed by atoms with van der Waals surface area (Å²) in [5.41, 5.74) is 2.77. The molecule has 2 heterocycles. The van der Waals surface area contributed by atoms with Gasteiger partial charge in [0.05, 0.1) is 5.41 Å². The third-order valence-corrected chi connectivity index (χ3v) is 7.36. The van der Waals surface area contributed by atoms with E-state index in [-0.39, 0.29) is 11.8 Å². The number of piperidine rings is 1. The maximum atomic E-state index is 13.2. The molecule has 2 aromatic rings. The van der Waals surface area contributed by atoms with E-state index in [4.69, 9.17) is 0 Å². The van der Waals surface area contributed by atoms with Crippen LogP contribution in [0.2, 0.25) is 0 Å². The van der Waals surface area contributed by atoms with Crippen molar-refractivity contribution in [2.24, 2.45) is 11.3 Å². The van der Waals surface area contributed by atoms with Crippen molar-refractivity contribution in [3.05, 3.63) is 54.4 Å². The van der Waals surface area contributed by atoms with E-state index in [1.807, 2.05) is 29.2 Å². The van der Waals surface area contributed by atoms with Crippen LogP contribution in [0.4, 0.5) is 0 Å². The Morgan fingerprint density at radius 2 is 1.81 bits per heavy atom. The second-order valence-electron chi connectivity index (χ2n) is 9.56. The molecule has 0 radical (unpaired) electrons. The molecule has 170 valence electrons. The van der Waals surface area contributed by atoms with Gasteiger partial charge in [0.25, 0.3) is 0 Å². The number of rotatable bonds is 6. The Morgan fingerprint density at radius 1 is 1.06 bits per heavy atom. The average molecular weight is 434 g/mol. The van der Waals surface area contributed by atoms with Crippen LogP contribution in [0.5, 0.6) is 0 Å². The Morgan fingerprint density at radius 3 is 2.56 bits per heavy atom. The highest BCUT2D eigenvalue weighted by atomic mass is 16.2. The van der Waals surface area contributed by atoms with Crippen LogP contribution in [0, 0.1) is 11.3 Å². The van der Waals surface area contributed by atoms with E-state index < -0.39 is 5.41 Å². The SMILES string of the molecule is CNC(=O)[C@]1(Cc2ccccc2-c2ccncc2)CCCN(C(=O)CC2CCCCC2)C1. The number of amides is 2. The molecule has 5 nitrogen and oxygen atoms in total. The van der Waals surface area contributed by atoms with Crippen molar-refractivity contribution in [2.45, 2.75) is 57.8 Å². The van der Waals surface area contributed by atoms with E-state index in [9.17, 15) is 9.59 Å². The molecule has 4 rings (SSSR count). The van der Waals surface area contributed by atoms with E-state index in [2.05, 4.69) is 22.4 Å². The molecule has 0 bridgehead atoms. The van der Waals surface area contributed by atoms with Crippen molar-refractivity contribution in [3.8, 4) is 11.1 Å². The summed E-state index contributed by atoms with van der Waals surface area (Å²) in [5, 5.41) is 2.91. The van der Waals surface area contributed by atoms with Gasteiger partial charge in [-0.3, -0.25) is 14.6 Å².